The molecule has 0 aliphatic carbocycles. The fraction of sp³-hybridized carbons (Fsp3) is 0.824. The molecule has 5 heteroatoms. The van der Waals surface area contributed by atoms with Crippen molar-refractivity contribution in [3.05, 3.63) is 12.2 Å². The van der Waals surface area contributed by atoms with Crippen LogP contribution in [0.3, 0.4) is 0 Å². The summed E-state index contributed by atoms with van der Waals surface area (Å²) in [7, 11) is -1.86. The van der Waals surface area contributed by atoms with Gasteiger partial charge in [0.15, 0.2) is 0 Å². The number of halogens is 1. The highest BCUT2D eigenvalue weighted by Gasteiger charge is 2.46. The zero-order valence-corrected chi connectivity index (χ0v) is 18.3. The first-order valence-electron chi connectivity index (χ1n) is 8.29. The van der Waals surface area contributed by atoms with E-state index in [2.05, 4.69) is 64.1 Å². The van der Waals surface area contributed by atoms with Gasteiger partial charge in [-0.25, -0.2) is 4.79 Å². The van der Waals surface area contributed by atoms with E-state index in [0.29, 0.717) is 23.2 Å². The van der Waals surface area contributed by atoms with Gasteiger partial charge in [0, 0.05) is 10.5 Å². The number of hydrogen-bond acceptors (Lipinski definition) is 3. The second kappa shape index (κ2) is 10.8. The van der Waals surface area contributed by atoms with Crippen LogP contribution in [0.4, 0.5) is 0 Å². The summed E-state index contributed by atoms with van der Waals surface area (Å²) in [6, 6.07) is 0. The molecule has 0 bridgehead atoms. The quantitative estimate of drug-likeness (QED) is 0.148. The zero-order chi connectivity index (χ0) is 17.3. The van der Waals surface area contributed by atoms with Crippen molar-refractivity contribution in [3.8, 4) is 0 Å². The van der Waals surface area contributed by atoms with Crippen molar-refractivity contribution in [2.24, 2.45) is 0 Å². The van der Waals surface area contributed by atoms with Gasteiger partial charge in [-0.1, -0.05) is 70.2 Å². The molecule has 3 nitrogen and oxygen atoms in total. The maximum atomic E-state index is 11.4. The van der Waals surface area contributed by atoms with Crippen LogP contribution < -0.4 is 0 Å². The largest absolute Gasteiger partial charge is 0.463 e. The Kier molecular flexibility index (Phi) is 10.9. The van der Waals surface area contributed by atoms with Gasteiger partial charge in [0.25, 0.3) is 0 Å². The molecule has 0 rings (SSSR count). The normalized spacial score (nSPS) is 14.3. The second-order valence-corrected chi connectivity index (χ2v) is 12.9. The summed E-state index contributed by atoms with van der Waals surface area (Å²) in [4.78, 5) is 11.4. The van der Waals surface area contributed by atoms with Crippen molar-refractivity contribution in [2.45, 2.75) is 77.6 Å². The summed E-state index contributed by atoms with van der Waals surface area (Å²) in [6.45, 7) is 16.0. The number of carbonyl (C=O) groups is 1. The lowest BCUT2D eigenvalue weighted by molar-refractivity contribution is -0.137. The van der Waals surface area contributed by atoms with Crippen LogP contribution in [0.2, 0.25) is 16.6 Å². The van der Waals surface area contributed by atoms with Crippen LogP contribution in [0.25, 0.3) is 0 Å². The zero-order valence-electron chi connectivity index (χ0n) is 15.2. The third-order valence-corrected chi connectivity index (χ3v) is 11.3. The summed E-state index contributed by atoms with van der Waals surface area (Å²) in [5, 5.41) is 0. The fourth-order valence-electron chi connectivity index (χ4n) is 3.35. The van der Waals surface area contributed by atoms with Gasteiger partial charge in [-0.15, -0.1) is 0 Å². The van der Waals surface area contributed by atoms with Crippen LogP contribution in [0, 0.1) is 0 Å². The molecule has 0 aromatic carbocycles. The number of ether oxygens (including phenoxy) is 1. The molecule has 0 radical (unpaired) electrons. The van der Waals surface area contributed by atoms with Gasteiger partial charge in [0.2, 0.25) is 8.32 Å². The maximum absolute atomic E-state index is 11.4. The molecule has 0 aromatic heterocycles. The second-order valence-electron chi connectivity index (χ2n) is 6.60. The predicted octanol–water partition coefficient (Wildman–Crippen LogP) is 5.49. The molecule has 22 heavy (non-hydrogen) atoms. The molecule has 130 valence electrons. The molecular weight excluding hydrogens is 407 g/mol. The molecule has 0 aliphatic heterocycles. The molecule has 0 heterocycles. The van der Waals surface area contributed by atoms with Crippen molar-refractivity contribution in [3.63, 3.8) is 0 Å². The lowest BCUT2D eigenvalue weighted by Gasteiger charge is -2.44. The summed E-state index contributed by atoms with van der Waals surface area (Å²) in [5.41, 5.74) is 1.73. The van der Waals surface area contributed by atoms with E-state index in [1.807, 2.05) is 13.0 Å². The van der Waals surface area contributed by atoms with Crippen LogP contribution in [-0.4, -0.2) is 31.4 Å². The van der Waals surface area contributed by atoms with Crippen LogP contribution in [0.1, 0.15) is 54.9 Å². The summed E-state index contributed by atoms with van der Waals surface area (Å²) >= 11 is 2.38. The number of rotatable bonds is 10. The van der Waals surface area contributed by atoms with Crippen molar-refractivity contribution < 1.29 is 14.0 Å². The van der Waals surface area contributed by atoms with E-state index >= 15 is 0 Å². The van der Waals surface area contributed by atoms with Gasteiger partial charge < -0.3 is 9.16 Å². The monoisotopic (exact) mass is 440 g/mol. The van der Waals surface area contributed by atoms with E-state index in [-0.39, 0.29) is 12.1 Å². The van der Waals surface area contributed by atoms with Crippen molar-refractivity contribution in [1.82, 2.24) is 0 Å². The van der Waals surface area contributed by atoms with Gasteiger partial charge in [0.05, 0.1) is 12.7 Å². The minimum atomic E-state index is -1.86. The van der Waals surface area contributed by atoms with E-state index in [1.54, 1.807) is 0 Å². The molecular formula is C17H33IO3Si. The highest BCUT2D eigenvalue weighted by Crippen LogP contribution is 2.43. The minimum Gasteiger partial charge on any atom is -0.463 e. The van der Waals surface area contributed by atoms with Crippen molar-refractivity contribution in [2.75, 3.05) is 11.0 Å². The lowest BCUT2D eigenvalue weighted by Crippen LogP contribution is -2.50. The standard InChI is InChI=1S/C17H33IO3Si/c1-8-20-17(19)11-9-10-16(12-18)21-22(13(2)3,14(4)5)15(6)7/h9,11,13-16H,8,10,12H2,1-7H3/b11-9+/t16-/m0/s1. The first kappa shape index (κ1) is 22.1. The van der Waals surface area contributed by atoms with Crippen LogP contribution in [0.5, 0.6) is 0 Å². The molecule has 0 saturated carbocycles. The number of alkyl halides is 1. The van der Waals surface area contributed by atoms with E-state index in [9.17, 15) is 4.79 Å². The third-order valence-electron chi connectivity index (χ3n) is 4.19. The van der Waals surface area contributed by atoms with Crippen LogP contribution in [-0.2, 0) is 14.0 Å². The van der Waals surface area contributed by atoms with E-state index in [0.717, 1.165) is 10.8 Å². The molecule has 0 aromatic rings. The topological polar surface area (TPSA) is 35.5 Å². The first-order valence-corrected chi connectivity index (χ1v) is 12.0. The van der Waals surface area contributed by atoms with E-state index in [4.69, 9.17) is 9.16 Å². The van der Waals surface area contributed by atoms with Crippen molar-refractivity contribution in [1.29, 1.82) is 0 Å². The van der Waals surface area contributed by atoms with Gasteiger partial charge in [-0.3, -0.25) is 0 Å². The maximum Gasteiger partial charge on any atom is 0.330 e. The Morgan fingerprint density at radius 1 is 1.09 bits per heavy atom. The fourth-order valence-corrected chi connectivity index (χ4v) is 9.80. The SMILES string of the molecule is CCOC(=O)/C=C/C[C@@H](CI)O[Si](C(C)C)(C(C)C)C(C)C. The summed E-state index contributed by atoms with van der Waals surface area (Å²) < 4.78 is 12.6. The van der Waals surface area contributed by atoms with Gasteiger partial charge in [-0.05, 0) is 30.0 Å². The van der Waals surface area contributed by atoms with Crippen molar-refractivity contribution >= 4 is 36.9 Å². The number of carbonyl (C=O) groups excluding carboxylic acids is 1. The highest BCUT2D eigenvalue weighted by molar-refractivity contribution is 14.1. The Morgan fingerprint density at radius 2 is 1.59 bits per heavy atom. The van der Waals surface area contributed by atoms with Gasteiger partial charge >= 0.3 is 5.97 Å². The Hall–Kier alpha value is 0.117. The average molecular weight is 440 g/mol. The third kappa shape index (κ3) is 6.32. The van der Waals surface area contributed by atoms with Crippen LogP contribution in [0.15, 0.2) is 12.2 Å². The molecule has 0 unspecified atom stereocenters. The van der Waals surface area contributed by atoms with E-state index in [1.165, 1.54) is 6.08 Å². The van der Waals surface area contributed by atoms with Gasteiger partial charge in [0.1, 0.15) is 0 Å². The Labute approximate surface area is 151 Å². The minimum absolute atomic E-state index is 0.171. The molecule has 0 spiro atoms. The molecule has 0 aliphatic rings. The molecule has 0 amide bonds. The first-order chi connectivity index (χ1) is 10.2. The lowest BCUT2D eigenvalue weighted by atomic mass is 10.3. The molecule has 0 N–H and O–H groups in total. The number of hydrogen-bond donors (Lipinski definition) is 0. The molecule has 1 atom stereocenters. The molecule has 0 fully saturated rings. The summed E-state index contributed by atoms with van der Waals surface area (Å²) in [5.74, 6) is -0.269. The smallest absolute Gasteiger partial charge is 0.330 e. The van der Waals surface area contributed by atoms with Crippen LogP contribution >= 0.6 is 22.6 Å². The Morgan fingerprint density at radius 3 is 1.95 bits per heavy atom. The Bertz CT molecular complexity index is 332. The summed E-state index contributed by atoms with van der Waals surface area (Å²) in [6.07, 6.45) is 4.35. The van der Waals surface area contributed by atoms with Gasteiger partial charge in [-0.2, -0.15) is 0 Å². The molecule has 0 saturated heterocycles. The average Bonchev–Trinajstić information content (AvgIpc) is 2.41. The number of esters is 1. The van der Waals surface area contributed by atoms with E-state index < -0.39 is 8.32 Å². The Balaban J connectivity index is 4.97. The highest BCUT2D eigenvalue weighted by atomic mass is 127. The predicted molar refractivity (Wildman–Crippen MR) is 105 cm³/mol.